The van der Waals surface area contributed by atoms with Crippen LogP contribution in [0.25, 0.3) is 0 Å². The molecule has 0 radical (unpaired) electrons. The van der Waals surface area contributed by atoms with Gasteiger partial charge in [0.05, 0.1) is 40.0 Å². The quantitative estimate of drug-likeness (QED) is 0.263. The van der Waals surface area contributed by atoms with Gasteiger partial charge >= 0.3 is 6.09 Å². The summed E-state index contributed by atoms with van der Waals surface area (Å²) in [6.07, 6.45) is -1.52. The van der Waals surface area contributed by atoms with Gasteiger partial charge in [-0.2, -0.15) is 0 Å². The molecule has 0 aromatic heterocycles. The summed E-state index contributed by atoms with van der Waals surface area (Å²) >= 11 is 0. The molecule has 38 heavy (non-hydrogen) atoms. The van der Waals surface area contributed by atoms with Crippen LogP contribution in [-0.2, 0) is 28.6 Å². The van der Waals surface area contributed by atoms with Gasteiger partial charge in [0, 0.05) is 13.1 Å². The third kappa shape index (κ3) is 12.0. The lowest BCUT2D eigenvalue weighted by Crippen LogP contribution is -2.53. The van der Waals surface area contributed by atoms with Crippen LogP contribution in [0, 0.1) is 0 Å². The molecule has 1 unspecified atom stereocenters. The molecule has 5 atom stereocenters. The standard InChI is InChI=1S/C29H45N3O5S/c1-28(2,3)37-27(35)31-23(17-21-13-9-7-10-14-21)25(33)19-30-20-26(34)24(32-38(36)29(4,5)6)18-22-15-11-8-12-16-22/h7-16,23-26,30,32-34H,17-20H2,1-6H3,(H,31,35)/t23-,24-,25+,26+,38?/m0/s1. The predicted octanol–water partition coefficient (Wildman–Crippen LogP) is 3.10. The van der Waals surface area contributed by atoms with E-state index in [1.165, 1.54) is 0 Å². The minimum absolute atomic E-state index is 0.130. The van der Waals surface area contributed by atoms with E-state index in [-0.39, 0.29) is 13.1 Å². The van der Waals surface area contributed by atoms with Gasteiger partial charge in [0.2, 0.25) is 0 Å². The van der Waals surface area contributed by atoms with Crippen molar-refractivity contribution in [2.45, 2.75) is 89.0 Å². The molecule has 0 aliphatic rings. The van der Waals surface area contributed by atoms with E-state index in [0.29, 0.717) is 12.8 Å². The smallest absolute Gasteiger partial charge is 0.407 e. The predicted molar refractivity (Wildman–Crippen MR) is 153 cm³/mol. The van der Waals surface area contributed by atoms with Crippen molar-refractivity contribution in [3.63, 3.8) is 0 Å². The maximum absolute atomic E-state index is 12.8. The molecule has 2 aromatic carbocycles. The van der Waals surface area contributed by atoms with Crippen LogP contribution in [0.15, 0.2) is 60.7 Å². The Morgan fingerprint density at radius 1 is 0.816 bits per heavy atom. The van der Waals surface area contributed by atoms with Crippen LogP contribution in [0.5, 0.6) is 0 Å². The molecule has 0 saturated heterocycles. The number of amides is 1. The molecule has 0 saturated carbocycles. The second kappa shape index (κ2) is 14.7. The molecule has 212 valence electrons. The highest BCUT2D eigenvalue weighted by molar-refractivity contribution is 7.84. The first-order valence-electron chi connectivity index (χ1n) is 13.1. The van der Waals surface area contributed by atoms with Gasteiger partial charge in [0.15, 0.2) is 0 Å². The SMILES string of the molecule is CC(C)(C)OC(=O)N[C@@H](Cc1ccccc1)[C@H](O)CNC[C@@H](O)[C@H](Cc1ccccc1)NS(=O)C(C)(C)C. The normalized spacial score (nSPS) is 16.2. The summed E-state index contributed by atoms with van der Waals surface area (Å²) in [5.74, 6) is 0. The van der Waals surface area contributed by atoms with Crippen LogP contribution >= 0.6 is 0 Å². The number of alkyl carbamates (subject to hydrolysis) is 1. The number of nitrogens with one attached hydrogen (secondary N) is 3. The molecule has 2 rings (SSSR count). The Morgan fingerprint density at radius 3 is 1.71 bits per heavy atom. The lowest BCUT2D eigenvalue weighted by atomic mass is 10.0. The average molecular weight is 548 g/mol. The lowest BCUT2D eigenvalue weighted by Gasteiger charge is -2.29. The number of carbonyl (C=O) groups excluding carboxylic acids is 1. The molecule has 0 spiro atoms. The van der Waals surface area contributed by atoms with Gasteiger partial charge in [-0.05, 0) is 65.5 Å². The van der Waals surface area contributed by atoms with Gasteiger partial charge in [0.1, 0.15) is 5.60 Å². The summed E-state index contributed by atoms with van der Waals surface area (Å²) < 4.78 is 20.8. The third-order valence-electron chi connectivity index (χ3n) is 5.75. The molecule has 0 aliphatic carbocycles. The summed E-state index contributed by atoms with van der Waals surface area (Å²) in [4.78, 5) is 12.5. The highest BCUT2D eigenvalue weighted by Crippen LogP contribution is 2.14. The molecule has 0 fully saturated rings. The fourth-order valence-electron chi connectivity index (χ4n) is 3.71. The Balaban J connectivity index is 2.03. The van der Waals surface area contributed by atoms with Crippen LogP contribution in [-0.4, -0.2) is 68.2 Å². The Hall–Kier alpha value is -2.30. The molecule has 0 aliphatic heterocycles. The zero-order chi connectivity index (χ0) is 28.3. The van der Waals surface area contributed by atoms with Crippen LogP contribution in [0.2, 0.25) is 0 Å². The molecule has 5 N–H and O–H groups in total. The van der Waals surface area contributed by atoms with E-state index < -0.39 is 51.7 Å². The summed E-state index contributed by atoms with van der Waals surface area (Å²) in [5.41, 5.74) is 1.31. The van der Waals surface area contributed by atoms with E-state index in [1.807, 2.05) is 81.4 Å². The number of aliphatic hydroxyl groups excluding tert-OH is 2. The number of hydrogen-bond acceptors (Lipinski definition) is 6. The molecule has 0 bridgehead atoms. The van der Waals surface area contributed by atoms with Crippen LogP contribution in [0.3, 0.4) is 0 Å². The lowest BCUT2D eigenvalue weighted by molar-refractivity contribution is 0.0416. The molecular formula is C29H45N3O5S. The van der Waals surface area contributed by atoms with Crippen molar-refractivity contribution in [1.29, 1.82) is 0 Å². The topological polar surface area (TPSA) is 120 Å². The van der Waals surface area contributed by atoms with Gasteiger partial charge in [-0.25, -0.2) is 13.7 Å². The minimum Gasteiger partial charge on any atom is -0.444 e. The van der Waals surface area contributed by atoms with E-state index >= 15 is 0 Å². The summed E-state index contributed by atoms with van der Waals surface area (Å²) in [6.45, 7) is 11.3. The fraction of sp³-hybridized carbons (Fsp3) is 0.552. The Labute approximate surface area is 230 Å². The summed E-state index contributed by atoms with van der Waals surface area (Å²) in [5, 5.41) is 27.9. The van der Waals surface area contributed by atoms with Crippen LogP contribution in [0.4, 0.5) is 4.79 Å². The third-order valence-corrected chi connectivity index (χ3v) is 7.38. The Bertz CT molecular complexity index is 993. The molecular weight excluding hydrogens is 502 g/mol. The van der Waals surface area contributed by atoms with Gasteiger partial charge in [0.25, 0.3) is 0 Å². The molecule has 8 nitrogen and oxygen atoms in total. The van der Waals surface area contributed by atoms with Crippen molar-refractivity contribution in [3.05, 3.63) is 71.8 Å². The van der Waals surface area contributed by atoms with Crippen molar-refractivity contribution in [3.8, 4) is 0 Å². The van der Waals surface area contributed by atoms with E-state index in [4.69, 9.17) is 4.74 Å². The van der Waals surface area contributed by atoms with Crippen molar-refractivity contribution in [2.75, 3.05) is 13.1 Å². The first kappa shape index (κ1) is 31.9. The number of aliphatic hydroxyl groups is 2. The summed E-state index contributed by atoms with van der Waals surface area (Å²) in [6, 6.07) is 18.2. The van der Waals surface area contributed by atoms with Crippen LogP contribution in [0.1, 0.15) is 52.7 Å². The number of carbonyl (C=O) groups is 1. The monoisotopic (exact) mass is 547 g/mol. The number of ether oxygens (including phenoxy) is 1. The fourth-order valence-corrected chi connectivity index (χ4v) is 4.58. The first-order valence-corrected chi connectivity index (χ1v) is 14.2. The average Bonchev–Trinajstić information content (AvgIpc) is 2.82. The van der Waals surface area contributed by atoms with E-state index in [9.17, 15) is 19.2 Å². The zero-order valence-corrected chi connectivity index (χ0v) is 24.3. The van der Waals surface area contributed by atoms with E-state index in [2.05, 4.69) is 15.4 Å². The second-order valence-electron chi connectivity index (χ2n) is 11.5. The van der Waals surface area contributed by atoms with Crippen molar-refractivity contribution in [2.24, 2.45) is 0 Å². The number of rotatable bonds is 13. The molecule has 9 heteroatoms. The minimum atomic E-state index is -1.37. The van der Waals surface area contributed by atoms with Crippen molar-refractivity contribution < 1.29 is 24.0 Å². The van der Waals surface area contributed by atoms with Crippen molar-refractivity contribution >= 4 is 17.1 Å². The Morgan fingerprint density at radius 2 is 1.26 bits per heavy atom. The summed E-state index contributed by atoms with van der Waals surface area (Å²) in [7, 11) is -1.37. The largest absolute Gasteiger partial charge is 0.444 e. The zero-order valence-electron chi connectivity index (χ0n) is 23.4. The van der Waals surface area contributed by atoms with Gasteiger partial charge in [-0.15, -0.1) is 0 Å². The maximum atomic E-state index is 12.8. The van der Waals surface area contributed by atoms with Crippen LogP contribution < -0.4 is 15.4 Å². The molecule has 2 aromatic rings. The molecule has 0 heterocycles. The number of hydrogen-bond donors (Lipinski definition) is 5. The van der Waals surface area contributed by atoms with E-state index in [0.717, 1.165) is 11.1 Å². The van der Waals surface area contributed by atoms with E-state index in [1.54, 1.807) is 20.8 Å². The highest BCUT2D eigenvalue weighted by atomic mass is 32.2. The first-order chi connectivity index (χ1) is 17.7. The van der Waals surface area contributed by atoms with Crippen molar-refractivity contribution in [1.82, 2.24) is 15.4 Å². The van der Waals surface area contributed by atoms with Gasteiger partial charge in [-0.1, -0.05) is 60.7 Å². The number of benzene rings is 2. The Kier molecular flexibility index (Phi) is 12.4. The van der Waals surface area contributed by atoms with Gasteiger partial charge < -0.3 is 25.6 Å². The maximum Gasteiger partial charge on any atom is 0.407 e. The van der Waals surface area contributed by atoms with Gasteiger partial charge in [-0.3, -0.25) is 0 Å². The second-order valence-corrected chi connectivity index (χ2v) is 13.5. The molecule has 1 amide bonds. The highest BCUT2D eigenvalue weighted by Gasteiger charge is 2.28.